The Kier molecular flexibility index (Phi) is 1.82. The van der Waals surface area contributed by atoms with Gasteiger partial charge in [0.25, 0.3) is 0 Å². The molecule has 0 spiro atoms. The van der Waals surface area contributed by atoms with Gasteiger partial charge in [0, 0.05) is 6.20 Å². The number of nitrogens with zero attached hydrogens (tertiary/aromatic N) is 2. The van der Waals surface area contributed by atoms with E-state index in [0.717, 1.165) is 24.2 Å². The lowest BCUT2D eigenvalue weighted by Gasteiger charge is -2.12. The number of benzene rings is 1. The molecule has 0 amide bonds. The van der Waals surface area contributed by atoms with Crippen LogP contribution in [0.1, 0.15) is 18.5 Å². The Balaban J connectivity index is 2.06. The maximum absolute atomic E-state index is 9.24. The van der Waals surface area contributed by atoms with Gasteiger partial charge >= 0.3 is 0 Å². The Labute approximate surface area is 93.3 Å². The number of hydrogen-bond acceptors (Lipinski definition) is 3. The summed E-state index contributed by atoms with van der Waals surface area (Å²) in [6, 6.07) is 8.92. The number of rotatable bonds is 2. The van der Waals surface area contributed by atoms with Crippen molar-refractivity contribution in [2.24, 2.45) is 5.73 Å². The van der Waals surface area contributed by atoms with Crippen LogP contribution in [0.3, 0.4) is 0 Å². The molecule has 0 aliphatic heterocycles. The average Bonchev–Trinajstić information content (AvgIpc) is 2.84. The molecule has 1 aromatic heterocycles. The van der Waals surface area contributed by atoms with Crippen molar-refractivity contribution < 1.29 is 5.11 Å². The Morgan fingerprint density at radius 2 is 1.88 bits per heavy atom. The molecule has 2 aromatic rings. The van der Waals surface area contributed by atoms with Crippen molar-refractivity contribution in [1.29, 1.82) is 0 Å². The van der Waals surface area contributed by atoms with E-state index in [1.807, 2.05) is 22.9 Å². The third-order valence-electron chi connectivity index (χ3n) is 3.04. The van der Waals surface area contributed by atoms with E-state index in [-0.39, 0.29) is 11.3 Å². The molecule has 4 heteroatoms. The van der Waals surface area contributed by atoms with Gasteiger partial charge in [-0.05, 0) is 43.2 Å². The minimum absolute atomic E-state index is 0.200. The molecule has 16 heavy (non-hydrogen) atoms. The SMILES string of the molecule is NC1(c2ccnn2-c2ccc(O)cc2)CC1. The van der Waals surface area contributed by atoms with Crippen LogP contribution in [0.5, 0.6) is 5.75 Å². The van der Waals surface area contributed by atoms with Crippen molar-refractivity contribution in [3.63, 3.8) is 0 Å². The minimum atomic E-state index is -0.200. The van der Waals surface area contributed by atoms with Crippen molar-refractivity contribution in [3.8, 4) is 11.4 Å². The van der Waals surface area contributed by atoms with Crippen LogP contribution in [-0.4, -0.2) is 14.9 Å². The van der Waals surface area contributed by atoms with Crippen molar-refractivity contribution in [2.75, 3.05) is 0 Å². The quantitative estimate of drug-likeness (QED) is 0.798. The van der Waals surface area contributed by atoms with Gasteiger partial charge in [-0.3, -0.25) is 0 Å². The standard InChI is InChI=1S/C12H13N3O/c13-12(6-7-12)11-5-8-14-15(11)9-1-3-10(16)4-2-9/h1-5,8,16H,6-7,13H2. The first-order valence-corrected chi connectivity index (χ1v) is 5.32. The molecule has 1 saturated carbocycles. The monoisotopic (exact) mass is 215 g/mol. The molecule has 3 N–H and O–H groups in total. The van der Waals surface area contributed by atoms with E-state index in [2.05, 4.69) is 5.10 Å². The van der Waals surface area contributed by atoms with Crippen molar-refractivity contribution in [2.45, 2.75) is 18.4 Å². The van der Waals surface area contributed by atoms with Crippen LogP contribution in [-0.2, 0) is 5.54 Å². The van der Waals surface area contributed by atoms with Gasteiger partial charge in [-0.15, -0.1) is 0 Å². The smallest absolute Gasteiger partial charge is 0.115 e. The maximum Gasteiger partial charge on any atom is 0.115 e. The van der Waals surface area contributed by atoms with E-state index >= 15 is 0 Å². The summed E-state index contributed by atoms with van der Waals surface area (Å²) in [6.45, 7) is 0. The number of nitrogens with two attached hydrogens (primary N) is 1. The van der Waals surface area contributed by atoms with Crippen LogP contribution >= 0.6 is 0 Å². The van der Waals surface area contributed by atoms with Crippen molar-refractivity contribution in [1.82, 2.24) is 9.78 Å². The van der Waals surface area contributed by atoms with E-state index in [4.69, 9.17) is 5.73 Å². The minimum Gasteiger partial charge on any atom is -0.508 e. The van der Waals surface area contributed by atoms with Gasteiger partial charge in [0.05, 0.1) is 16.9 Å². The van der Waals surface area contributed by atoms with Gasteiger partial charge in [-0.1, -0.05) is 0 Å². The van der Waals surface area contributed by atoms with Crippen LogP contribution in [0.2, 0.25) is 0 Å². The fourth-order valence-corrected chi connectivity index (χ4v) is 1.87. The molecule has 82 valence electrons. The molecular formula is C12H13N3O. The summed E-state index contributed by atoms with van der Waals surface area (Å²) in [7, 11) is 0. The number of hydrogen-bond donors (Lipinski definition) is 2. The zero-order valence-electron chi connectivity index (χ0n) is 8.80. The number of aromatic nitrogens is 2. The zero-order chi connectivity index (χ0) is 11.2. The van der Waals surface area contributed by atoms with E-state index in [1.54, 1.807) is 18.3 Å². The second-order valence-corrected chi connectivity index (χ2v) is 4.30. The second kappa shape index (κ2) is 3.09. The summed E-state index contributed by atoms with van der Waals surface area (Å²) in [4.78, 5) is 0. The predicted molar refractivity (Wildman–Crippen MR) is 60.3 cm³/mol. The molecule has 0 atom stereocenters. The highest BCUT2D eigenvalue weighted by atomic mass is 16.3. The molecule has 0 unspecified atom stereocenters. The first-order valence-electron chi connectivity index (χ1n) is 5.32. The van der Waals surface area contributed by atoms with Crippen molar-refractivity contribution in [3.05, 3.63) is 42.2 Å². The highest BCUT2D eigenvalue weighted by Crippen LogP contribution is 2.43. The lowest BCUT2D eigenvalue weighted by molar-refractivity contribution is 0.475. The van der Waals surface area contributed by atoms with Gasteiger partial charge in [0.15, 0.2) is 0 Å². The summed E-state index contributed by atoms with van der Waals surface area (Å²) < 4.78 is 1.84. The highest BCUT2D eigenvalue weighted by Gasteiger charge is 2.42. The number of aromatic hydroxyl groups is 1. The predicted octanol–water partition coefficient (Wildman–Crippen LogP) is 1.53. The first-order chi connectivity index (χ1) is 7.69. The van der Waals surface area contributed by atoms with Crippen LogP contribution in [0.15, 0.2) is 36.5 Å². The number of phenolic OH excluding ortho intramolecular Hbond substituents is 1. The van der Waals surface area contributed by atoms with Gasteiger partial charge in [0.1, 0.15) is 5.75 Å². The lowest BCUT2D eigenvalue weighted by Crippen LogP contribution is -2.22. The first kappa shape index (κ1) is 9.42. The number of phenols is 1. The van der Waals surface area contributed by atoms with E-state index in [1.165, 1.54) is 0 Å². The summed E-state index contributed by atoms with van der Waals surface area (Å²) in [5, 5.41) is 13.5. The summed E-state index contributed by atoms with van der Waals surface area (Å²) >= 11 is 0. The molecule has 1 aromatic carbocycles. The van der Waals surface area contributed by atoms with Gasteiger partial charge in [-0.2, -0.15) is 5.10 Å². The summed E-state index contributed by atoms with van der Waals surface area (Å²) in [5.41, 5.74) is 7.94. The van der Waals surface area contributed by atoms with Crippen LogP contribution < -0.4 is 5.73 Å². The maximum atomic E-state index is 9.24. The van der Waals surface area contributed by atoms with E-state index in [9.17, 15) is 5.11 Å². The second-order valence-electron chi connectivity index (χ2n) is 4.30. The molecule has 1 aliphatic carbocycles. The van der Waals surface area contributed by atoms with Gasteiger partial charge in [-0.25, -0.2) is 4.68 Å². The van der Waals surface area contributed by atoms with E-state index in [0.29, 0.717) is 0 Å². The lowest BCUT2D eigenvalue weighted by atomic mass is 10.2. The molecule has 0 radical (unpaired) electrons. The average molecular weight is 215 g/mol. The Morgan fingerprint density at radius 3 is 2.50 bits per heavy atom. The van der Waals surface area contributed by atoms with Crippen LogP contribution in [0, 0.1) is 0 Å². The Hall–Kier alpha value is -1.81. The molecule has 1 heterocycles. The van der Waals surface area contributed by atoms with Crippen LogP contribution in [0.4, 0.5) is 0 Å². The topological polar surface area (TPSA) is 64.1 Å². The Morgan fingerprint density at radius 1 is 1.19 bits per heavy atom. The van der Waals surface area contributed by atoms with E-state index < -0.39 is 0 Å². The summed E-state index contributed by atoms with van der Waals surface area (Å²) in [6.07, 6.45) is 3.78. The molecular weight excluding hydrogens is 202 g/mol. The molecule has 3 rings (SSSR count). The normalized spacial score (nSPS) is 17.3. The van der Waals surface area contributed by atoms with Gasteiger partial charge in [0.2, 0.25) is 0 Å². The molecule has 0 saturated heterocycles. The third kappa shape index (κ3) is 1.39. The van der Waals surface area contributed by atoms with Crippen LogP contribution in [0.25, 0.3) is 5.69 Å². The van der Waals surface area contributed by atoms with Gasteiger partial charge < -0.3 is 10.8 Å². The zero-order valence-corrected chi connectivity index (χ0v) is 8.80. The Bertz CT molecular complexity index is 511. The fourth-order valence-electron chi connectivity index (χ4n) is 1.87. The highest BCUT2D eigenvalue weighted by molar-refractivity contribution is 5.39. The molecule has 1 fully saturated rings. The molecule has 1 aliphatic rings. The van der Waals surface area contributed by atoms with Crippen molar-refractivity contribution >= 4 is 0 Å². The molecule has 4 nitrogen and oxygen atoms in total. The summed E-state index contributed by atoms with van der Waals surface area (Å²) in [5.74, 6) is 0.256. The largest absolute Gasteiger partial charge is 0.508 e. The molecule has 0 bridgehead atoms. The third-order valence-corrected chi connectivity index (χ3v) is 3.04. The fraction of sp³-hybridized carbons (Fsp3) is 0.250.